The lowest BCUT2D eigenvalue weighted by atomic mass is 10.1. The fourth-order valence-corrected chi connectivity index (χ4v) is 2.84. The van der Waals surface area contributed by atoms with Gasteiger partial charge in [0.2, 0.25) is 11.8 Å². The van der Waals surface area contributed by atoms with Crippen molar-refractivity contribution < 1.29 is 14.0 Å². The number of nitrogens with one attached hydrogen (secondary N) is 3. The third-order valence-corrected chi connectivity index (χ3v) is 4.42. The molecule has 0 fully saturated rings. The Morgan fingerprint density at radius 2 is 1.86 bits per heavy atom. The molecule has 0 aliphatic carbocycles. The molecule has 0 bridgehead atoms. The highest BCUT2D eigenvalue weighted by Gasteiger charge is 2.20. The summed E-state index contributed by atoms with van der Waals surface area (Å²) in [6.45, 7) is 2.90. The lowest BCUT2D eigenvalue weighted by Crippen LogP contribution is -2.46. The van der Waals surface area contributed by atoms with Gasteiger partial charge >= 0.3 is 0 Å². The Hall–Kier alpha value is -2.77. The number of benzene rings is 2. The monoisotopic (exact) mass is 400 g/mol. The zero-order chi connectivity index (χ0) is 21.1. The van der Waals surface area contributed by atoms with Crippen molar-refractivity contribution in [2.75, 3.05) is 18.4 Å². The molecule has 6 nitrogen and oxygen atoms in total. The van der Waals surface area contributed by atoms with Crippen LogP contribution >= 0.6 is 0 Å². The van der Waals surface area contributed by atoms with Gasteiger partial charge < -0.3 is 21.7 Å². The first-order valence-electron chi connectivity index (χ1n) is 9.80. The fourth-order valence-electron chi connectivity index (χ4n) is 2.84. The van der Waals surface area contributed by atoms with E-state index in [2.05, 4.69) is 16.0 Å². The quantitative estimate of drug-likeness (QED) is 0.436. The molecule has 2 amide bonds. The molecule has 0 heterocycles. The van der Waals surface area contributed by atoms with Crippen LogP contribution in [0.4, 0.5) is 10.1 Å². The summed E-state index contributed by atoms with van der Waals surface area (Å²) >= 11 is 0. The Labute approximate surface area is 171 Å². The second-order valence-electron chi connectivity index (χ2n) is 6.99. The van der Waals surface area contributed by atoms with E-state index >= 15 is 0 Å². The summed E-state index contributed by atoms with van der Waals surface area (Å²) in [6, 6.07) is 13.0. The first-order valence-corrected chi connectivity index (χ1v) is 9.80. The van der Waals surface area contributed by atoms with Gasteiger partial charge in [-0.3, -0.25) is 9.59 Å². The van der Waals surface area contributed by atoms with Gasteiger partial charge in [0.1, 0.15) is 11.9 Å². The van der Waals surface area contributed by atoms with Gasteiger partial charge in [0.05, 0.1) is 6.54 Å². The number of anilines is 1. The summed E-state index contributed by atoms with van der Waals surface area (Å²) in [4.78, 5) is 24.9. The maximum atomic E-state index is 13.2. The maximum absolute atomic E-state index is 13.2. The predicted molar refractivity (Wildman–Crippen MR) is 113 cm³/mol. The van der Waals surface area contributed by atoms with E-state index in [9.17, 15) is 14.0 Å². The zero-order valence-corrected chi connectivity index (χ0v) is 16.7. The van der Waals surface area contributed by atoms with E-state index in [0.29, 0.717) is 25.2 Å². The summed E-state index contributed by atoms with van der Waals surface area (Å²) in [5, 5.41) is 8.59. The molecule has 7 heteroatoms. The summed E-state index contributed by atoms with van der Waals surface area (Å²) < 4.78 is 13.2. The van der Waals surface area contributed by atoms with Crippen LogP contribution in [0, 0.1) is 12.7 Å². The number of aryl methyl sites for hydroxylation is 1. The zero-order valence-electron chi connectivity index (χ0n) is 16.7. The van der Waals surface area contributed by atoms with Gasteiger partial charge in [0, 0.05) is 12.2 Å². The molecule has 29 heavy (non-hydrogen) atoms. The third-order valence-electron chi connectivity index (χ3n) is 4.42. The van der Waals surface area contributed by atoms with Crippen molar-refractivity contribution in [2.45, 2.75) is 38.8 Å². The molecule has 0 aliphatic rings. The lowest BCUT2D eigenvalue weighted by Gasteiger charge is -2.19. The van der Waals surface area contributed by atoms with Crippen molar-refractivity contribution in [1.29, 1.82) is 0 Å². The van der Waals surface area contributed by atoms with Crippen LogP contribution in [-0.4, -0.2) is 30.9 Å². The molecule has 0 unspecified atom stereocenters. The van der Waals surface area contributed by atoms with E-state index in [1.54, 1.807) is 12.1 Å². The Morgan fingerprint density at radius 3 is 2.55 bits per heavy atom. The van der Waals surface area contributed by atoms with Crippen molar-refractivity contribution in [1.82, 2.24) is 10.6 Å². The maximum Gasteiger partial charge on any atom is 0.246 e. The first kappa shape index (κ1) is 22.5. The van der Waals surface area contributed by atoms with Gasteiger partial charge in [-0.25, -0.2) is 4.39 Å². The van der Waals surface area contributed by atoms with Crippen molar-refractivity contribution in [3.63, 3.8) is 0 Å². The van der Waals surface area contributed by atoms with E-state index in [4.69, 9.17) is 5.73 Å². The molecular formula is C22H29FN4O2. The minimum atomic E-state index is -0.647. The average Bonchev–Trinajstić information content (AvgIpc) is 2.69. The van der Waals surface area contributed by atoms with Gasteiger partial charge in [-0.15, -0.1) is 0 Å². The standard InChI is InChI=1S/C22H29FN4O2/c1-16-8-10-19(11-9-16)26-22(29)20(7-2-3-12-24)27-21(28)15-25-14-17-5-4-6-18(23)13-17/h4-6,8-11,13,20,25H,2-3,7,12,14-15,24H2,1H3,(H,26,29)(H,27,28)/t20-/m0/s1. The number of carbonyl (C=O) groups is 2. The Morgan fingerprint density at radius 1 is 1.10 bits per heavy atom. The summed E-state index contributed by atoms with van der Waals surface area (Å²) in [6.07, 6.45) is 2.02. The van der Waals surface area contributed by atoms with Gasteiger partial charge in [0.25, 0.3) is 0 Å². The molecule has 1 atom stereocenters. The largest absolute Gasteiger partial charge is 0.343 e. The highest BCUT2D eigenvalue weighted by molar-refractivity contribution is 5.97. The van der Waals surface area contributed by atoms with Gasteiger partial charge in [-0.1, -0.05) is 29.8 Å². The molecule has 0 aliphatic heterocycles. The van der Waals surface area contributed by atoms with Crippen LogP contribution in [0.3, 0.4) is 0 Å². The highest BCUT2D eigenvalue weighted by atomic mass is 19.1. The van der Waals surface area contributed by atoms with Crippen LogP contribution < -0.4 is 21.7 Å². The van der Waals surface area contributed by atoms with Crippen molar-refractivity contribution in [2.24, 2.45) is 5.73 Å². The molecule has 0 aromatic heterocycles. The lowest BCUT2D eigenvalue weighted by molar-refractivity contribution is -0.126. The highest BCUT2D eigenvalue weighted by Crippen LogP contribution is 2.11. The molecule has 2 rings (SSSR count). The number of hydrogen-bond donors (Lipinski definition) is 4. The minimum Gasteiger partial charge on any atom is -0.343 e. The van der Waals surface area contributed by atoms with E-state index in [0.717, 1.165) is 24.0 Å². The number of amides is 2. The molecule has 5 N–H and O–H groups in total. The summed E-state index contributed by atoms with van der Waals surface area (Å²) in [5.41, 5.74) is 8.06. The average molecular weight is 400 g/mol. The molecule has 2 aromatic carbocycles. The van der Waals surface area contributed by atoms with E-state index in [1.165, 1.54) is 12.1 Å². The second-order valence-corrected chi connectivity index (χ2v) is 6.99. The minimum absolute atomic E-state index is 0.0295. The second kappa shape index (κ2) is 11.9. The Kier molecular flexibility index (Phi) is 9.27. The first-order chi connectivity index (χ1) is 14.0. The van der Waals surface area contributed by atoms with Gasteiger partial charge in [0.15, 0.2) is 0 Å². The van der Waals surface area contributed by atoms with E-state index < -0.39 is 6.04 Å². The Bertz CT molecular complexity index is 796. The van der Waals surface area contributed by atoms with Crippen LogP contribution in [0.2, 0.25) is 0 Å². The number of carbonyl (C=O) groups excluding carboxylic acids is 2. The molecule has 0 saturated heterocycles. The van der Waals surface area contributed by atoms with Crippen LogP contribution in [-0.2, 0) is 16.1 Å². The summed E-state index contributed by atoms with van der Waals surface area (Å²) in [7, 11) is 0. The Balaban J connectivity index is 1.87. The van der Waals surface area contributed by atoms with Crippen molar-refractivity contribution in [3.05, 3.63) is 65.5 Å². The van der Waals surface area contributed by atoms with Gasteiger partial charge in [-0.05, 0) is 62.6 Å². The third kappa shape index (κ3) is 8.41. The molecule has 0 saturated carbocycles. The van der Waals surface area contributed by atoms with Crippen LogP contribution in [0.1, 0.15) is 30.4 Å². The van der Waals surface area contributed by atoms with Crippen molar-refractivity contribution >= 4 is 17.5 Å². The fraction of sp³-hybridized carbons (Fsp3) is 0.364. The number of hydrogen-bond acceptors (Lipinski definition) is 4. The molecule has 156 valence electrons. The molecule has 0 radical (unpaired) electrons. The normalized spacial score (nSPS) is 11.7. The molecule has 2 aromatic rings. The van der Waals surface area contributed by atoms with Crippen LogP contribution in [0.5, 0.6) is 0 Å². The van der Waals surface area contributed by atoms with Crippen molar-refractivity contribution in [3.8, 4) is 0 Å². The smallest absolute Gasteiger partial charge is 0.246 e. The van der Waals surface area contributed by atoms with Gasteiger partial charge in [-0.2, -0.15) is 0 Å². The number of halogens is 1. The SMILES string of the molecule is Cc1ccc(NC(=O)[C@H](CCCCN)NC(=O)CNCc2cccc(F)c2)cc1. The number of nitrogens with two attached hydrogens (primary N) is 1. The van der Waals surface area contributed by atoms with E-state index in [-0.39, 0.29) is 24.2 Å². The molecule has 0 spiro atoms. The van der Waals surface area contributed by atoms with Crippen LogP contribution in [0.15, 0.2) is 48.5 Å². The van der Waals surface area contributed by atoms with Crippen LogP contribution in [0.25, 0.3) is 0 Å². The predicted octanol–water partition coefficient (Wildman–Crippen LogP) is 2.48. The number of unbranched alkanes of at least 4 members (excludes halogenated alkanes) is 1. The topological polar surface area (TPSA) is 96.2 Å². The summed E-state index contributed by atoms with van der Waals surface area (Å²) in [5.74, 6) is -0.871. The molecular weight excluding hydrogens is 371 g/mol. The van der Waals surface area contributed by atoms with E-state index in [1.807, 2.05) is 31.2 Å². The number of rotatable bonds is 11.